The number of aromatic nitrogens is 1. The Morgan fingerprint density at radius 1 is 0.833 bits per heavy atom. The highest BCUT2D eigenvalue weighted by atomic mass is 35.5. The van der Waals surface area contributed by atoms with Crippen LogP contribution in [0.5, 0.6) is 0 Å². The van der Waals surface area contributed by atoms with Crippen molar-refractivity contribution in [2.45, 2.75) is 71.8 Å². The zero-order valence-electron chi connectivity index (χ0n) is 12.0. The van der Waals surface area contributed by atoms with E-state index in [1.807, 2.05) is 0 Å². The highest BCUT2D eigenvalue weighted by Crippen LogP contribution is 2.06. The van der Waals surface area contributed by atoms with E-state index in [1.54, 1.807) is 0 Å². The Labute approximate surface area is 119 Å². The van der Waals surface area contributed by atoms with Gasteiger partial charge in [-0.05, 0) is 18.4 Å². The topological polar surface area (TPSA) is 3.88 Å². The molecule has 1 nitrogen and oxygen atoms in total. The first-order chi connectivity index (χ1) is 8.36. The number of nitrogens with zero attached hydrogens (tertiary/aromatic N) is 1. The Kier molecular flexibility index (Phi) is 11.2. The molecule has 0 N–H and O–H groups in total. The van der Waals surface area contributed by atoms with Crippen LogP contribution in [0.3, 0.4) is 0 Å². The van der Waals surface area contributed by atoms with E-state index in [1.165, 1.54) is 57.1 Å². The molecule has 1 aromatic rings. The van der Waals surface area contributed by atoms with Gasteiger partial charge in [-0.15, -0.1) is 0 Å². The maximum absolute atomic E-state index is 2.31. The standard InChI is InChI=1S/C16H28N.ClH/c1-3-5-6-7-8-9-10-13-17-14-11-16(4-2)12-15-17;/h11-12,14-15H,3-10,13H2,1-2H3;1H/q+1;/p-1. The SMILES string of the molecule is CCCCCCCCC[n+]1ccc(CC)cc1.[Cl-]. The Bertz CT molecular complexity index is 282. The van der Waals surface area contributed by atoms with Crippen LogP contribution in [0, 0.1) is 0 Å². The lowest BCUT2D eigenvalue weighted by Gasteiger charge is -2.00. The van der Waals surface area contributed by atoms with Gasteiger partial charge in [0.05, 0.1) is 0 Å². The fourth-order valence-electron chi connectivity index (χ4n) is 2.12. The first-order valence-electron chi connectivity index (χ1n) is 7.34. The summed E-state index contributed by atoms with van der Waals surface area (Å²) in [6.45, 7) is 5.66. The van der Waals surface area contributed by atoms with Gasteiger partial charge in [0.15, 0.2) is 12.4 Å². The molecule has 0 atom stereocenters. The Morgan fingerprint density at radius 2 is 1.39 bits per heavy atom. The third-order valence-electron chi connectivity index (χ3n) is 3.39. The maximum Gasteiger partial charge on any atom is 0.169 e. The zero-order chi connectivity index (χ0) is 12.3. The molecule has 0 aliphatic rings. The quantitative estimate of drug-likeness (QED) is 0.470. The highest BCUT2D eigenvalue weighted by molar-refractivity contribution is 5.06. The first kappa shape index (κ1) is 17.4. The van der Waals surface area contributed by atoms with Crippen LogP contribution in [-0.2, 0) is 13.0 Å². The van der Waals surface area contributed by atoms with Gasteiger partial charge in [-0.1, -0.05) is 46.0 Å². The lowest BCUT2D eigenvalue weighted by atomic mass is 10.1. The number of hydrogen-bond acceptors (Lipinski definition) is 0. The minimum atomic E-state index is 0. The summed E-state index contributed by atoms with van der Waals surface area (Å²) in [6, 6.07) is 4.47. The van der Waals surface area contributed by atoms with Crippen molar-refractivity contribution in [3.8, 4) is 0 Å². The molecule has 0 fully saturated rings. The summed E-state index contributed by atoms with van der Waals surface area (Å²) in [7, 11) is 0. The minimum absolute atomic E-state index is 0. The van der Waals surface area contributed by atoms with Crippen LogP contribution >= 0.6 is 0 Å². The van der Waals surface area contributed by atoms with Gasteiger partial charge in [-0.2, -0.15) is 0 Å². The van der Waals surface area contributed by atoms with Gasteiger partial charge in [-0.3, -0.25) is 0 Å². The van der Waals surface area contributed by atoms with Crippen molar-refractivity contribution in [1.29, 1.82) is 0 Å². The molecule has 1 heterocycles. The number of pyridine rings is 1. The Morgan fingerprint density at radius 3 is 1.94 bits per heavy atom. The van der Waals surface area contributed by atoms with Crippen LogP contribution in [0.2, 0.25) is 0 Å². The molecule has 0 aliphatic heterocycles. The van der Waals surface area contributed by atoms with Gasteiger partial charge in [0.25, 0.3) is 0 Å². The fraction of sp³-hybridized carbons (Fsp3) is 0.688. The maximum atomic E-state index is 2.31. The number of hydrogen-bond donors (Lipinski definition) is 0. The number of halogens is 1. The van der Waals surface area contributed by atoms with Gasteiger partial charge in [-0.25, -0.2) is 4.57 Å². The molecule has 104 valence electrons. The van der Waals surface area contributed by atoms with E-state index < -0.39 is 0 Å². The van der Waals surface area contributed by atoms with E-state index in [4.69, 9.17) is 0 Å². The summed E-state index contributed by atoms with van der Waals surface area (Å²) in [6.07, 6.45) is 15.3. The van der Waals surface area contributed by atoms with Crippen molar-refractivity contribution in [1.82, 2.24) is 0 Å². The van der Waals surface area contributed by atoms with Crippen molar-refractivity contribution in [3.05, 3.63) is 30.1 Å². The monoisotopic (exact) mass is 269 g/mol. The van der Waals surface area contributed by atoms with Crippen molar-refractivity contribution in [2.75, 3.05) is 0 Å². The number of rotatable bonds is 9. The molecule has 0 radical (unpaired) electrons. The van der Waals surface area contributed by atoms with Gasteiger partial charge >= 0.3 is 0 Å². The largest absolute Gasteiger partial charge is 1.00 e. The summed E-state index contributed by atoms with van der Waals surface area (Å²) in [5.74, 6) is 0. The minimum Gasteiger partial charge on any atom is -1.00 e. The van der Waals surface area contributed by atoms with Gasteiger partial charge < -0.3 is 12.4 Å². The Hall–Kier alpha value is -0.560. The third kappa shape index (κ3) is 7.71. The lowest BCUT2D eigenvalue weighted by molar-refractivity contribution is -0.697. The molecule has 0 unspecified atom stereocenters. The average Bonchev–Trinajstić information content (AvgIpc) is 2.38. The molecular formula is C16H28ClN. The second-order valence-electron chi connectivity index (χ2n) is 4.92. The molecule has 2 heteroatoms. The summed E-state index contributed by atoms with van der Waals surface area (Å²) in [5, 5.41) is 0. The van der Waals surface area contributed by atoms with E-state index in [0.29, 0.717) is 0 Å². The predicted octanol–water partition coefficient (Wildman–Crippen LogP) is 1.29. The lowest BCUT2D eigenvalue weighted by Crippen LogP contribution is -3.00. The molecule has 1 rings (SSSR count). The predicted molar refractivity (Wildman–Crippen MR) is 74.0 cm³/mol. The van der Waals surface area contributed by atoms with E-state index in [2.05, 4.69) is 42.9 Å². The average molecular weight is 270 g/mol. The van der Waals surface area contributed by atoms with Crippen molar-refractivity contribution < 1.29 is 17.0 Å². The van der Waals surface area contributed by atoms with E-state index >= 15 is 0 Å². The van der Waals surface area contributed by atoms with Gasteiger partial charge in [0.1, 0.15) is 6.54 Å². The van der Waals surface area contributed by atoms with Gasteiger partial charge in [0.2, 0.25) is 0 Å². The molecule has 0 bridgehead atoms. The molecule has 1 aromatic heterocycles. The molecule has 0 amide bonds. The molecule has 0 aromatic carbocycles. The van der Waals surface area contributed by atoms with Crippen LogP contribution in [0.25, 0.3) is 0 Å². The molecule has 0 spiro atoms. The molecule has 0 saturated heterocycles. The van der Waals surface area contributed by atoms with Crippen LogP contribution in [-0.4, -0.2) is 0 Å². The second-order valence-corrected chi connectivity index (χ2v) is 4.92. The highest BCUT2D eigenvalue weighted by Gasteiger charge is 1.99. The first-order valence-corrected chi connectivity index (χ1v) is 7.34. The van der Waals surface area contributed by atoms with Crippen LogP contribution < -0.4 is 17.0 Å². The molecule has 0 saturated carbocycles. The van der Waals surface area contributed by atoms with Crippen LogP contribution in [0.15, 0.2) is 24.5 Å². The molecule has 0 aliphatic carbocycles. The number of unbranched alkanes of at least 4 members (excludes halogenated alkanes) is 6. The number of aryl methyl sites for hydroxylation is 2. The summed E-state index contributed by atoms with van der Waals surface area (Å²) < 4.78 is 2.31. The van der Waals surface area contributed by atoms with E-state index in [-0.39, 0.29) is 12.4 Å². The fourth-order valence-corrected chi connectivity index (χ4v) is 2.12. The van der Waals surface area contributed by atoms with Crippen LogP contribution in [0.1, 0.15) is 64.4 Å². The summed E-state index contributed by atoms with van der Waals surface area (Å²) >= 11 is 0. The van der Waals surface area contributed by atoms with Crippen molar-refractivity contribution in [3.63, 3.8) is 0 Å². The zero-order valence-corrected chi connectivity index (χ0v) is 12.8. The summed E-state index contributed by atoms with van der Waals surface area (Å²) in [4.78, 5) is 0. The normalized spacial score (nSPS) is 10.1. The van der Waals surface area contributed by atoms with Crippen LogP contribution in [0.4, 0.5) is 0 Å². The Balaban J connectivity index is 0.00000289. The van der Waals surface area contributed by atoms with Gasteiger partial charge in [0, 0.05) is 18.6 Å². The summed E-state index contributed by atoms with van der Waals surface area (Å²) in [5.41, 5.74) is 1.43. The second kappa shape index (κ2) is 11.5. The van der Waals surface area contributed by atoms with Crippen molar-refractivity contribution in [2.24, 2.45) is 0 Å². The third-order valence-corrected chi connectivity index (χ3v) is 3.39. The molecule has 18 heavy (non-hydrogen) atoms. The molecular weight excluding hydrogens is 242 g/mol. The smallest absolute Gasteiger partial charge is 0.169 e. The van der Waals surface area contributed by atoms with E-state index in [0.717, 1.165) is 6.42 Å². The van der Waals surface area contributed by atoms with Crippen molar-refractivity contribution >= 4 is 0 Å². The van der Waals surface area contributed by atoms with E-state index in [9.17, 15) is 0 Å².